The number of nitrogens with one attached hydrogen (secondary N) is 3. The highest BCUT2D eigenvalue weighted by molar-refractivity contribution is 5.99. The van der Waals surface area contributed by atoms with Crippen molar-refractivity contribution in [2.45, 2.75) is 38.1 Å². The number of ether oxygens (including phenoxy) is 1. The summed E-state index contributed by atoms with van der Waals surface area (Å²) in [6.45, 7) is 0.642. The minimum absolute atomic E-state index is 0. The van der Waals surface area contributed by atoms with Crippen LogP contribution in [-0.4, -0.2) is 30.2 Å². The Kier molecular flexibility index (Phi) is 12.9. The molecule has 1 fully saturated rings. The maximum Gasteiger partial charge on any atom is 0.247 e. The number of carbonyl (C=O) groups excluding carboxylic acids is 2. The molecule has 1 atom stereocenters. The molecule has 0 radical (unpaired) electrons. The molecule has 7 N–H and O–H groups in total. The summed E-state index contributed by atoms with van der Waals surface area (Å²) >= 11 is 0. The second-order valence-corrected chi connectivity index (χ2v) is 9.76. The van der Waals surface area contributed by atoms with E-state index >= 15 is 0 Å². The van der Waals surface area contributed by atoms with Crippen LogP contribution in [0.1, 0.15) is 36.8 Å². The van der Waals surface area contributed by atoms with Crippen molar-refractivity contribution >= 4 is 48.2 Å². The van der Waals surface area contributed by atoms with E-state index < -0.39 is 6.04 Å². The molecule has 10 heteroatoms. The predicted molar refractivity (Wildman–Crippen MR) is 164 cm³/mol. The molecule has 8 nitrogen and oxygen atoms in total. The van der Waals surface area contributed by atoms with Crippen molar-refractivity contribution in [1.29, 1.82) is 5.41 Å². The predicted octanol–water partition coefficient (Wildman–Crippen LogP) is 5.04. The van der Waals surface area contributed by atoms with Crippen LogP contribution in [0.25, 0.3) is 0 Å². The van der Waals surface area contributed by atoms with Crippen LogP contribution in [0.15, 0.2) is 78.9 Å². The number of benzene rings is 3. The van der Waals surface area contributed by atoms with Gasteiger partial charge in [-0.25, -0.2) is 0 Å². The van der Waals surface area contributed by atoms with E-state index in [1.165, 1.54) is 0 Å². The van der Waals surface area contributed by atoms with Gasteiger partial charge in [0.2, 0.25) is 11.8 Å². The largest absolute Gasteiger partial charge is 0.457 e. The molecular formula is C30H37Cl2N5O3. The van der Waals surface area contributed by atoms with Crippen molar-refractivity contribution in [3.05, 3.63) is 90.0 Å². The fourth-order valence-corrected chi connectivity index (χ4v) is 4.72. The Labute approximate surface area is 247 Å². The topological polar surface area (TPSA) is 143 Å². The standard InChI is InChI=1S/C30H35N5O3.2ClH/c31-19-20-9-11-23(12-10-20)29(36)35-27(30(37)34-24-15-13-22(14-16-24)28(32)33)18-21-5-4-8-26(17-21)38-25-6-2-1-3-7-25;;/h1-8,13-17,20,23,27H,9-12,18-19,31H2,(H3,32,33)(H,34,37)(H,35,36);2*1H. The van der Waals surface area contributed by atoms with Gasteiger partial charge in [0.15, 0.2) is 0 Å². The first kappa shape index (κ1) is 32.6. The summed E-state index contributed by atoms with van der Waals surface area (Å²) < 4.78 is 5.96. The molecule has 3 aromatic carbocycles. The van der Waals surface area contributed by atoms with Gasteiger partial charge in [0.25, 0.3) is 0 Å². The lowest BCUT2D eigenvalue weighted by molar-refractivity contribution is -0.130. The molecule has 4 rings (SSSR count). The number of carbonyl (C=O) groups is 2. The molecule has 0 aliphatic heterocycles. The van der Waals surface area contributed by atoms with Gasteiger partial charge in [0, 0.05) is 23.6 Å². The van der Waals surface area contributed by atoms with Crippen LogP contribution in [0.5, 0.6) is 11.5 Å². The van der Waals surface area contributed by atoms with Crippen molar-refractivity contribution in [2.24, 2.45) is 23.3 Å². The molecule has 1 aliphatic rings. The van der Waals surface area contributed by atoms with E-state index in [1.54, 1.807) is 24.3 Å². The average molecular weight is 587 g/mol. The molecule has 0 spiro atoms. The summed E-state index contributed by atoms with van der Waals surface area (Å²) in [7, 11) is 0. The number of rotatable bonds is 10. The maximum absolute atomic E-state index is 13.4. The third-order valence-electron chi connectivity index (χ3n) is 6.96. The highest BCUT2D eigenvalue weighted by Gasteiger charge is 2.29. The van der Waals surface area contributed by atoms with Gasteiger partial charge in [-0.3, -0.25) is 15.0 Å². The Morgan fingerprint density at radius 1 is 0.900 bits per heavy atom. The van der Waals surface area contributed by atoms with Crippen LogP contribution >= 0.6 is 24.8 Å². The molecule has 1 unspecified atom stereocenters. The number of hydrogen-bond acceptors (Lipinski definition) is 5. The smallest absolute Gasteiger partial charge is 0.247 e. The van der Waals surface area contributed by atoms with E-state index in [2.05, 4.69) is 10.6 Å². The van der Waals surface area contributed by atoms with E-state index in [1.807, 2.05) is 54.6 Å². The van der Waals surface area contributed by atoms with Gasteiger partial charge in [-0.1, -0.05) is 30.3 Å². The maximum atomic E-state index is 13.4. The number of amidine groups is 1. The third-order valence-corrected chi connectivity index (χ3v) is 6.96. The molecular weight excluding hydrogens is 549 g/mol. The van der Waals surface area contributed by atoms with Crippen LogP contribution in [0.4, 0.5) is 5.69 Å². The van der Waals surface area contributed by atoms with Crippen LogP contribution in [-0.2, 0) is 16.0 Å². The van der Waals surface area contributed by atoms with Crippen LogP contribution in [0.2, 0.25) is 0 Å². The number of hydrogen-bond donors (Lipinski definition) is 5. The summed E-state index contributed by atoms with van der Waals surface area (Å²) in [4.78, 5) is 26.6. The molecule has 3 aromatic rings. The number of amides is 2. The van der Waals surface area contributed by atoms with Crippen molar-refractivity contribution in [3.63, 3.8) is 0 Å². The first-order valence-electron chi connectivity index (χ1n) is 13.0. The van der Waals surface area contributed by atoms with Gasteiger partial charge in [-0.05, 0) is 92.2 Å². The lowest BCUT2D eigenvalue weighted by atomic mass is 9.81. The summed E-state index contributed by atoms with van der Waals surface area (Å²) in [5.41, 5.74) is 13.3. The van der Waals surface area contributed by atoms with E-state index in [-0.39, 0.29) is 48.4 Å². The summed E-state index contributed by atoms with van der Waals surface area (Å²) in [5, 5.41) is 13.5. The zero-order chi connectivity index (χ0) is 26.9. The SMILES string of the molecule is Cl.Cl.N=C(N)c1ccc(NC(=O)C(Cc2cccc(Oc3ccccc3)c2)NC(=O)C2CCC(CN)CC2)cc1. The summed E-state index contributed by atoms with van der Waals surface area (Å²) in [6.07, 6.45) is 3.69. The molecule has 0 aromatic heterocycles. The zero-order valence-electron chi connectivity index (χ0n) is 22.2. The van der Waals surface area contributed by atoms with E-state index in [0.717, 1.165) is 31.2 Å². The minimum atomic E-state index is -0.783. The number of anilines is 1. The molecule has 214 valence electrons. The van der Waals surface area contributed by atoms with Gasteiger partial charge in [0.05, 0.1) is 0 Å². The highest BCUT2D eigenvalue weighted by Crippen LogP contribution is 2.28. The molecule has 1 saturated carbocycles. The van der Waals surface area contributed by atoms with Crippen LogP contribution in [0.3, 0.4) is 0 Å². The van der Waals surface area contributed by atoms with Gasteiger partial charge >= 0.3 is 0 Å². The van der Waals surface area contributed by atoms with Crippen molar-refractivity contribution in [2.75, 3.05) is 11.9 Å². The van der Waals surface area contributed by atoms with Crippen molar-refractivity contribution < 1.29 is 14.3 Å². The average Bonchev–Trinajstić information content (AvgIpc) is 2.93. The highest BCUT2D eigenvalue weighted by atomic mass is 35.5. The normalized spacial score (nSPS) is 16.8. The summed E-state index contributed by atoms with van der Waals surface area (Å²) in [6, 6.07) is 22.9. The van der Waals surface area contributed by atoms with Crippen molar-refractivity contribution in [3.8, 4) is 11.5 Å². The monoisotopic (exact) mass is 585 g/mol. The molecule has 0 bridgehead atoms. The molecule has 0 heterocycles. The Bertz CT molecular complexity index is 1250. The fourth-order valence-electron chi connectivity index (χ4n) is 4.72. The number of halogens is 2. The van der Waals surface area contributed by atoms with Crippen molar-refractivity contribution in [1.82, 2.24) is 5.32 Å². The lowest BCUT2D eigenvalue weighted by Crippen LogP contribution is -2.48. The third kappa shape index (κ3) is 9.26. The van der Waals surface area contributed by atoms with Crippen LogP contribution < -0.4 is 26.8 Å². The molecule has 2 amide bonds. The quantitative estimate of drug-likeness (QED) is 0.167. The molecule has 0 saturated heterocycles. The van der Waals surface area contributed by atoms with Crippen LogP contribution in [0, 0.1) is 17.2 Å². The zero-order valence-corrected chi connectivity index (χ0v) is 23.8. The molecule has 1 aliphatic carbocycles. The second kappa shape index (κ2) is 15.9. The Hall–Kier alpha value is -3.59. The van der Waals surface area contributed by atoms with E-state index in [4.69, 9.17) is 21.6 Å². The van der Waals surface area contributed by atoms with Gasteiger partial charge in [0.1, 0.15) is 23.4 Å². The number of nitrogen functional groups attached to an aromatic ring is 1. The number of para-hydroxylation sites is 1. The van der Waals surface area contributed by atoms with E-state index in [9.17, 15) is 9.59 Å². The van der Waals surface area contributed by atoms with E-state index in [0.29, 0.717) is 41.6 Å². The Balaban J connectivity index is 0.00000280. The lowest BCUT2D eigenvalue weighted by Gasteiger charge is -2.28. The Morgan fingerprint density at radius 2 is 1.55 bits per heavy atom. The first-order chi connectivity index (χ1) is 18.4. The number of nitrogens with two attached hydrogens (primary N) is 2. The second-order valence-electron chi connectivity index (χ2n) is 9.76. The fraction of sp³-hybridized carbons (Fsp3) is 0.300. The molecule has 40 heavy (non-hydrogen) atoms. The first-order valence-corrected chi connectivity index (χ1v) is 13.0. The Morgan fingerprint density at radius 3 is 2.17 bits per heavy atom. The van der Waals surface area contributed by atoms with Gasteiger partial charge in [-0.2, -0.15) is 0 Å². The summed E-state index contributed by atoms with van der Waals surface area (Å²) in [5.74, 6) is 1.23. The minimum Gasteiger partial charge on any atom is -0.457 e. The van der Waals surface area contributed by atoms with Gasteiger partial charge < -0.3 is 26.8 Å². The van der Waals surface area contributed by atoms with Gasteiger partial charge in [-0.15, -0.1) is 24.8 Å².